The van der Waals surface area contributed by atoms with Gasteiger partial charge in [0, 0.05) is 0 Å². The Hall–Kier alpha value is -2.66. The van der Waals surface area contributed by atoms with E-state index in [-0.39, 0.29) is 31.6 Å². The summed E-state index contributed by atoms with van der Waals surface area (Å²) in [5.74, 6) is -3.28. The zero-order chi connectivity index (χ0) is 28.0. The van der Waals surface area contributed by atoms with E-state index in [2.05, 4.69) is 6.58 Å². The van der Waals surface area contributed by atoms with Gasteiger partial charge in [0.2, 0.25) is 0 Å². The average Bonchev–Trinajstić information content (AvgIpc) is 3.46. The summed E-state index contributed by atoms with van der Waals surface area (Å²) in [6, 6.07) is 0. The minimum absolute atomic E-state index is 0.00214. The van der Waals surface area contributed by atoms with Crippen molar-refractivity contribution in [3.05, 3.63) is 23.3 Å². The maximum atomic E-state index is 13.0. The lowest BCUT2D eigenvalue weighted by Gasteiger charge is -2.32. The number of allylic oxidation sites excluding steroid dienone is 3. The zero-order valence-corrected chi connectivity index (χ0v) is 23.0. The van der Waals surface area contributed by atoms with Gasteiger partial charge in [-0.3, -0.25) is 19.2 Å². The standard InChI is InChI=1S/C26H37BO10/c1-15-10-25(19(28)32-6,20(29)33-7)12-17(15)18-13-26(21(30)34-8,22(31)35-9)11-16(18)14-27-36-23(2,3)24(4,5)37-27/h16H,1,10-14H2,2-9H3/b18-17-. The molecule has 37 heavy (non-hydrogen) atoms. The number of carbonyl (C=O) groups excluding carboxylic acids is 4. The maximum Gasteiger partial charge on any atom is 0.458 e. The van der Waals surface area contributed by atoms with Gasteiger partial charge in [0.05, 0.1) is 39.6 Å². The van der Waals surface area contributed by atoms with E-state index in [1.165, 1.54) is 28.4 Å². The Morgan fingerprint density at radius 3 is 1.65 bits per heavy atom. The molecule has 10 nitrogen and oxygen atoms in total. The molecule has 2 saturated carbocycles. The number of ether oxygens (including phenoxy) is 4. The maximum absolute atomic E-state index is 13.0. The van der Waals surface area contributed by atoms with Crippen LogP contribution in [-0.2, 0) is 47.4 Å². The van der Waals surface area contributed by atoms with Crippen molar-refractivity contribution >= 4 is 31.0 Å². The first-order valence-corrected chi connectivity index (χ1v) is 12.2. The summed E-state index contributed by atoms with van der Waals surface area (Å²) in [5, 5.41) is 0. The highest BCUT2D eigenvalue weighted by atomic mass is 16.7. The van der Waals surface area contributed by atoms with E-state index in [0.29, 0.717) is 23.0 Å². The normalized spacial score (nSPS) is 27.1. The van der Waals surface area contributed by atoms with E-state index in [0.717, 1.165) is 0 Å². The SMILES string of the molecule is C=C1CC(C(=O)OC)(C(=O)OC)C/C1=C1\CC(C(=O)OC)(C(=O)OC)CC1CB1OC(C)(C)C(C)(C)O1. The van der Waals surface area contributed by atoms with Crippen LogP contribution in [-0.4, -0.2) is 70.6 Å². The smallest absolute Gasteiger partial charge is 0.458 e. The summed E-state index contributed by atoms with van der Waals surface area (Å²) in [5.41, 5.74) is -2.46. The van der Waals surface area contributed by atoms with Crippen molar-refractivity contribution < 1.29 is 47.4 Å². The van der Waals surface area contributed by atoms with Crippen LogP contribution in [0.3, 0.4) is 0 Å². The predicted molar refractivity (Wildman–Crippen MR) is 132 cm³/mol. The van der Waals surface area contributed by atoms with Crippen LogP contribution in [0.15, 0.2) is 23.3 Å². The summed E-state index contributed by atoms with van der Waals surface area (Å²) >= 11 is 0. The summed E-state index contributed by atoms with van der Waals surface area (Å²) in [6.45, 7) is 11.9. The highest BCUT2D eigenvalue weighted by molar-refractivity contribution is 6.45. The second kappa shape index (κ2) is 9.91. The van der Waals surface area contributed by atoms with Gasteiger partial charge in [0.25, 0.3) is 0 Å². The first-order valence-electron chi connectivity index (χ1n) is 12.2. The summed E-state index contributed by atoms with van der Waals surface area (Å²) < 4.78 is 32.4. The van der Waals surface area contributed by atoms with Gasteiger partial charge in [0.15, 0.2) is 10.8 Å². The molecular formula is C26H37BO10. The van der Waals surface area contributed by atoms with Gasteiger partial charge in [-0.25, -0.2) is 0 Å². The lowest BCUT2D eigenvalue weighted by molar-refractivity contribution is -0.170. The number of hydrogen-bond donors (Lipinski definition) is 0. The number of rotatable bonds is 6. The Bertz CT molecular complexity index is 992. The van der Waals surface area contributed by atoms with Crippen LogP contribution in [0.2, 0.25) is 6.32 Å². The quantitative estimate of drug-likeness (QED) is 0.224. The lowest BCUT2D eigenvalue weighted by Crippen LogP contribution is -2.41. The average molecular weight is 520 g/mol. The van der Waals surface area contributed by atoms with Crippen molar-refractivity contribution in [2.24, 2.45) is 16.7 Å². The Kier molecular flexibility index (Phi) is 7.74. The van der Waals surface area contributed by atoms with Crippen molar-refractivity contribution in [2.45, 2.75) is 70.9 Å². The third-order valence-corrected chi connectivity index (χ3v) is 8.47. The van der Waals surface area contributed by atoms with Crippen molar-refractivity contribution in [1.29, 1.82) is 0 Å². The van der Waals surface area contributed by atoms with E-state index in [4.69, 9.17) is 28.3 Å². The van der Waals surface area contributed by atoms with Gasteiger partial charge in [-0.15, -0.1) is 0 Å². The Labute approximate surface area is 218 Å². The lowest BCUT2D eigenvalue weighted by atomic mass is 9.73. The molecule has 204 valence electrons. The molecule has 3 aliphatic rings. The fourth-order valence-electron chi connectivity index (χ4n) is 5.81. The topological polar surface area (TPSA) is 124 Å². The molecule has 1 atom stereocenters. The molecule has 0 spiro atoms. The minimum Gasteiger partial charge on any atom is -0.468 e. The van der Waals surface area contributed by atoms with E-state index >= 15 is 0 Å². The fraction of sp³-hybridized carbons (Fsp3) is 0.692. The molecule has 0 aromatic rings. The second-order valence-corrected chi connectivity index (χ2v) is 11.1. The van der Waals surface area contributed by atoms with Crippen LogP contribution in [0.4, 0.5) is 0 Å². The van der Waals surface area contributed by atoms with Gasteiger partial charge in [0.1, 0.15) is 0 Å². The third kappa shape index (κ3) is 4.61. The third-order valence-electron chi connectivity index (χ3n) is 8.47. The van der Waals surface area contributed by atoms with Crippen LogP contribution in [0.5, 0.6) is 0 Å². The van der Waals surface area contributed by atoms with Crippen LogP contribution in [0.1, 0.15) is 53.4 Å². The van der Waals surface area contributed by atoms with Crippen LogP contribution >= 0.6 is 0 Å². The van der Waals surface area contributed by atoms with Gasteiger partial charge in [-0.05, 0) is 71.2 Å². The molecule has 1 unspecified atom stereocenters. The monoisotopic (exact) mass is 520 g/mol. The van der Waals surface area contributed by atoms with Crippen LogP contribution < -0.4 is 0 Å². The van der Waals surface area contributed by atoms with Gasteiger partial charge in [-0.2, -0.15) is 0 Å². The van der Waals surface area contributed by atoms with Crippen LogP contribution in [0.25, 0.3) is 0 Å². The molecular weight excluding hydrogens is 483 g/mol. The molecule has 3 rings (SSSR count). The number of hydrogen-bond acceptors (Lipinski definition) is 10. The van der Waals surface area contributed by atoms with Gasteiger partial charge in [-0.1, -0.05) is 17.7 Å². The van der Waals surface area contributed by atoms with Crippen molar-refractivity contribution in [1.82, 2.24) is 0 Å². The number of methoxy groups -OCH3 is 4. The molecule has 0 amide bonds. The first kappa shape index (κ1) is 28.9. The van der Waals surface area contributed by atoms with E-state index in [1.54, 1.807) is 0 Å². The summed E-state index contributed by atoms with van der Waals surface area (Å²) in [7, 11) is 4.23. The Balaban J connectivity index is 2.12. The fourth-order valence-corrected chi connectivity index (χ4v) is 5.81. The zero-order valence-electron chi connectivity index (χ0n) is 23.0. The first-order chi connectivity index (χ1) is 17.1. The molecule has 11 heteroatoms. The predicted octanol–water partition coefficient (Wildman–Crippen LogP) is 2.80. The molecule has 0 radical (unpaired) electrons. The molecule has 0 bridgehead atoms. The van der Waals surface area contributed by atoms with Crippen molar-refractivity contribution in [3.8, 4) is 0 Å². The highest BCUT2D eigenvalue weighted by Gasteiger charge is 2.61. The summed E-state index contributed by atoms with van der Waals surface area (Å²) in [6.07, 6.45) is 0.379. The van der Waals surface area contributed by atoms with Gasteiger partial charge < -0.3 is 28.3 Å². The van der Waals surface area contributed by atoms with Crippen molar-refractivity contribution in [2.75, 3.05) is 28.4 Å². The second-order valence-electron chi connectivity index (χ2n) is 11.1. The van der Waals surface area contributed by atoms with E-state index < -0.39 is 53.0 Å². The molecule has 1 saturated heterocycles. The Morgan fingerprint density at radius 1 is 0.784 bits per heavy atom. The largest absolute Gasteiger partial charge is 0.468 e. The van der Waals surface area contributed by atoms with E-state index in [9.17, 15) is 19.2 Å². The Morgan fingerprint density at radius 2 is 1.22 bits per heavy atom. The number of carbonyl (C=O) groups is 4. The molecule has 0 aromatic carbocycles. The highest BCUT2D eigenvalue weighted by Crippen LogP contribution is 2.56. The molecule has 1 aliphatic heterocycles. The number of esters is 4. The minimum atomic E-state index is -1.60. The van der Waals surface area contributed by atoms with Crippen molar-refractivity contribution in [3.63, 3.8) is 0 Å². The van der Waals surface area contributed by atoms with Gasteiger partial charge >= 0.3 is 31.0 Å². The molecule has 2 aliphatic carbocycles. The molecule has 0 N–H and O–H groups in total. The summed E-state index contributed by atoms with van der Waals surface area (Å²) in [4.78, 5) is 51.7. The molecule has 1 heterocycles. The molecule has 3 fully saturated rings. The van der Waals surface area contributed by atoms with E-state index in [1.807, 2.05) is 27.7 Å². The molecule has 0 aromatic heterocycles. The van der Waals surface area contributed by atoms with Crippen LogP contribution in [0, 0.1) is 16.7 Å².